The van der Waals surface area contributed by atoms with Crippen LogP contribution in [-0.4, -0.2) is 30.4 Å². The smallest absolute Gasteiger partial charge is 0.231 e. The minimum Gasteiger partial charge on any atom is -0.384 e. The number of piperidine rings is 1. The number of nitrogens with zero attached hydrogens (tertiary/aromatic N) is 1. The highest BCUT2D eigenvalue weighted by Gasteiger charge is 2.34. The topological polar surface area (TPSA) is 32.3 Å². The molecule has 2 aliphatic rings. The summed E-state index contributed by atoms with van der Waals surface area (Å²) in [5.41, 5.74) is 2.29. The molecule has 0 aromatic heterocycles. The van der Waals surface area contributed by atoms with Crippen LogP contribution in [0.2, 0.25) is 0 Å². The van der Waals surface area contributed by atoms with Gasteiger partial charge >= 0.3 is 0 Å². The number of hydrogen-bond acceptors (Lipinski definition) is 2. The SMILES string of the molecule is CC1CCN(C(=O)C2CNc3ccccc32)CC1C. The van der Waals surface area contributed by atoms with Gasteiger partial charge in [-0.05, 0) is 29.9 Å². The fraction of sp³-hybridized carbons (Fsp3) is 0.562. The summed E-state index contributed by atoms with van der Waals surface area (Å²) in [6, 6.07) is 8.17. The van der Waals surface area contributed by atoms with Gasteiger partial charge in [-0.2, -0.15) is 0 Å². The fourth-order valence-electron chi connectivity index (χ4n) is 3.19. The number of rotatable bonds is 1. The summed E-state index contributed by atoms with van der Waals surface area (Å²) in [5.74, 6) is 1.66. The Hall–Kier alpha value is -1.51. The molecule has 3 heteroatoms. The van der Waals surface area contributed by atoms with Gasteiger partial charge in [0.15, 0.2) is 0 Å². The molecule has 1 fully saturated rings. The van der Waals surface area contributed by atoms with Crippen LogP contribution in [0, 0.1) is 11.8 Å². The average molecular weight is 258 g/mol. The van der Waals surface area contributed by atoms with Crippen molar-refractivity contribution in [2.45, 2.75) is 26.2 Å². The molecule has 3 nitrogen and oxygen atoms in total. The van der Waals surface area contributed by atoms with E-state index in [-0.39, 0.29) is 5.92 Å². The van der Waals surface area contributed by atoms with E-state index in [1.807, 2.05) is 12.1 Å². The van der Waals surface area contributed by atoms with Gasteiger partial charge in [0.1, 0.15) is 0 Å². The molecule has 1 aromatic carbocycles. The summed E-state index contributed by atoms with van der Waals surface area (Å²) in [6.07, 6.45) is 1.13. The van der Waals surface area contributed by atoms with Crippen LogP contribution in [0.1, 0.15) is 31.7 Å². The number of hydrogen-bond donors (Lipinski definition) is 1. The molecule has 1 saturated heterocycles. The van der Waals surface area contributed by atoms with Gasteiger partial charge in [0.05, 0.1) is 5.92 Å². The van der Waals surface area contributed by atoms with E-state index < -0.39 is 0 Å². The van der Waals surface area contributed by atoms with Crippen LogP contribution in [0.5, 0.6) is 0 Å². The lowest BCUT2D eigenvalue weighted by atomic mass is 9.87. The summed E-state index contributed by atoms with van der Waals surface area (Å²) >= 11 is 0. The standard InChI is InChI=1S/C16H22N2O/c1-11-7-8-18(10-12(11)2)16(19)14-9-17-15-6-4-3-5-13(14)15/h3-6,11-12,14,17H,7-10H2,1-2H3. The van der Waals surface area contributed by atoms with Crippen LogP contribution in [0.25, 0.3) is 0 Å². The fourth-order valence-corrected chi connectivity index (χ4v) is 3.19. The van der Waals surface area contributed by atoms with Crippen LogP contribution >= 0.6 is 0 Å². The molecule has 2 aliphatic heterocycles. The number of carbonyl (C=O) groups is 1. The van der Waals surface area contributed by atoms with Gasteiger partial charge in [0.25, 0.3) is 0 Å². The zero-order chi connectivity index (χ0) is 13.4. The number of para-hydroxylation sites is 1. The lowest BCUT2D eigenvalue weighted by Gasteiger charge is -2.36. The third kappa shape index (κ3) is 2.22. The molecule has 102 valence electrons. The van der Waals surface area contributed by atoms with E-state index in [1.54, 1.807) is 0 Å². The Morgan fingerprint density at radius 2 is 2.05 bits per heavy atom. The molecule has 2 heterocycles. The lowest BCUT2D eigenvalue weighted by molar-refractivity contribution is -0.134. The first-order chi connectivity index (χ1) is 9.16. The van der Waals surface area contributed by atoms with Gasteiger partial charge in [-0.3, -0.25) is 4.79 Å². The number of nitrogens with one attached hydrogen (secondary N) is 1. The van der Waals surface area contributed by atoms with Crippen LogP contribution in [0.4, 0.5) is 5.69 Å². The summed E-state index contributed by atoms with van der Waals surface area (Å²) in [4.78, 5) is 14.8. The molecule has 19 heavy (non-hydrogen) atoms. The Morgan fingerprint density at radius 3 is 2.84 bits per heavy atom. The van der Waals surface area contributed by atoms with Crippen molar-refractivity contribution in [1.82, 2.24) is 4.90 Å². The number of anilines is 1. The molecule has 3 unspecified atom stereocenters. The third-order valence-corrected chi connectivity index (χ3v) is 4.78. The number of carbonyl (C=O) groups excluding carboxylic acids is 1. The first kappa shape index (κ1) is 12.5. The minimum absolute atomic E-state index is 0.0109. The largest absolute Gasteiger partial charge is 0.384 e. The first-order valence-corrected chi connectivity index (χ1v) is 7.28. The van der Waals surface area contributed by atoms with E-state index in [9.17, 15) is 4.79 Å². The van der Waals surface area contributed by atoms with Gasteiger partial charge in [-0.1, -0.05) is 32.0 Å². The van der Waals surface area contributed by atoms with Gasteiger partial charge < -0.3 is 10.2 Å². The molecular formula is C16H22N2O. The number of likely N-dealkylation sites (tertiary alicyclic amines) is 1. The molecule has 1 N–H and O–H groups in total. The lowest BCUT2D eigenvalue weighted by Crippen LogP contribution is -2.44. The monoisotopic (exact) mass is 258 g/mol. The zero-order valence-corrected chi connectivity index (χ0v) is 11.7. The van der Waals surface area contributed by atoms with Gasteiger partial charge in [-0.15, -0.1) is 0 Å². The highest BCUT2D eigenvalue weighted by Crippen LogP contribution is 2.33. The molecule has 3 atom stereocenters. The third-order valence-electron chi connectivity index (χ3n) is 4.78. The number of fused-ring (bicyclic) bond motifs is 1. The molecule has 0 radical (unpaired) electrons. The van der Waals surface area contributed by atoms with Crippen molar-refractivity contribution in [2.75, 3.05) is 25.0 Å². The Labute approximate surface area is 115 Å². The highest BCUT2D eigenvalue weighted by atomic mass is 16.2. The van der Waals surface area contributed by atoms with Crippen LogP contribution in [-0.2, 0) is 4.79 Å². The van der Waals surface area contributed by atoms with Gasteiger partial charge in [-0.25, -0.2) is 0 Å². The van der Waals surface area contributed by atoms with Crippen LogP contribution in [0.15, 0.2) is 24.3 Å². The van der Waals surface area contributed by atoms with Crippen molar-refractivity contribution in [3.63, 3.8) is 0 Å². The van der Waals surface area contributed by atoms with Crippen molar-refractivity contribution >= 4 is 11.6 Å². The highest BCUT2D eigenvalue weighted by molar-refractivity contribution is 5.88. The average Bonchev–Trinajstić information content (AvgIpc) is 2.85. The van der Waals surface area contributed by atoms with E-state index in [2.05, 4.69) is 36.2 Å². The van der Waals surface area contributed by atoms with Crippen molar-refractivity contribution in [3.8, 4) is 0 Å². The number of benzene rings is 1. The van der Waals surface area contributed by atoms with Crippen molar-refractivity contribution in [1.29, 1.82) is 0 Å². The molecule has 1 aromatic rings. The summed E-state index contributed by atoms with van der Waals surface area (Å²) in [5, 5.41) is 3.34. The van der Waals surface area contributed by atoms with Crippen molar-refractivity contribution < 1.29 is 4.79 Å². The number of amides is 1. The van der Waals surface area contributed by atoms with Crippen molar-refractivity contribution in [3.05, 3.63) is 29.8 Å². The van der Waals surface area contributed by atoms with E-state index >= 15 is 0 Å². The molecular weight excluding hydrogens is 236 g/mol. The summed E-state index contributed by atoms with van der Waals surface area (Å²) < 4.78 is 0. The van der Waals surface area contributed by atoms with Crippen LogP contribution < -0.4 is 5.32 Å². The molecule has 0 saturated carbocycles. The Balaban J connectivity index is 1.75. The predicted octanol–water partition coefficient (Wildman–Crippen LogP) is 2.70. The molecule has 0 spiro atoms. The summed E-state index contributed by atoms with van der Waals surface area (Å²) in [6.45, 7) is 7.13. The second kappa shape index (κ2) is 4.87. The molecule has 1 amide bonds. The molecule has 0 aliphatic carbocycles. The second-order valence-electron chi connectivity index (χ2n) is 6.05. The van der Waals surface area contributed by atoms with E-state index in [0.717, 1.165) is 37.7 Å². The molecule has 3 rings (SSSR count). The first-order valence-electron chi connectivity index (χ1n) is 7.28. The second-order valence-corrected chi connectivity index (χ2v) is 6.05. The maximum atomic E-state index is 12.7. The quantitative estimate of drug-likeness (QED) is 0.840. The Morgan fingerprint density at radius 1 is 1.26 bits per heavy atom. The van der Waals surface area contributed by atoms with E-state index in [0.29, 0.717) is 11.8 Å². The Bertz CT molecular complexity index is 485. The molecule has 0 bridgehead atoms. The minimum atomic E-state index is 0.0109. The van der Waals surface area contributed by atoms with Crippen LogP contribution in [0.3, 0.4) is 0 Å². The van der Waals surface area contributed by atoms with Gasteiger partial charge in [0.2, 0.25) is 5.91 Å². The van der Waals surface area contributed by atoms with Crippen molar-refractivity contribution in [2.24, 2.45) is 11.8 Å². The summed E-state index contributed by atoms with van der Waals surface area (Å²) in [7, 11) is 0. The van der Waals surface area contributed by atoms with E-state index in [4.69, 9.17) is 0 Å². The van der Waals surface area contributed by atoms with E-state index in [1.165, 1.54) is 5.56 Å². The van der Waals surface area contributed by atoms with Gasteiger partial charge in [0, 0.05) is 25.3 Å². The maximum absolute atomic E-state index is 12.7. The Kier molecular flexibility index (Phi) is 3.21. The zero-order valence-electron chi connectivity index (χ0n) is 11.7. The normalized spacial score (nSPS) is 29.8. The predicted molar refractivity (Wildman–Crippen MR) is 77.2 cm³/mol. The maximum Gasteiger partial charge on any atom is 0.231 e.